The molecule has 0 radical (unpaired) electrons. The molecule has 31 heavy (non-hydrogen) atoms. The first kappa shape index (κ1) is 21.1. The molecule has 1 atom stereocenters. The van der Waals surface area contributed by atoms with Crippen molar-refractivity contribution in [2.24, 2.45) is 17.6 Å². The summed E-state index contributed by atoms with van der Waals surface area (Å²) >= 11 is 0. The van der Waals surface area contributed by atoms with Crippen LogP contribution in [0, 0.1) is 11.8 Å². The van der Waals surface area contributed by atoms with Crippen LogP contribution in [-0.2, 0) is 6.42 Å². The van der Waals surface area contributed by atoms with Crippen LogP contribution in [0.25, 0.3) is 33.6 Å². The predicted octanol–water partition coefficient (Wildman–Crippen LogP) is 5.99. The van der Waals surface area contributed by atoms with Gasteiger partial charge in [-0.25, -0.2) is 9.97 Å². The van der Waals surface area contributed by atoms with Crippen LogP contribution in [0.1, 0.15) is 45.4 Å². The summed E-state index contributed by atoms with van der Waals surface area (Å²) in [6.07, 6.45) is 4.88. The molecule has 0 saturated carbocycles. The lowest BCUT2D eigenvalue weighted by Gasteiger charge is -2.11. The zero-order valence-electron chi connectivity index (χ0n) is 18.7. The van der Waals surface area contributed by atoms with Gasteiger partial charge in [0.25, 0.3) is 0 Å². The number of aromatic amines is 2. The summed E-state index contributed by atoms with van der Waals surface area (Å²) in [5, 5.41) is 0. The maximum Gasteiger partial charge on any atom is 0.124 e. The average molecular weight is 414 g/mol. The second kappa shape index (κ2) is 8.90. The van der Waals surface area contributed by atoms with E-state index in [2.05, 4.69) is 91.2 Å². The van der Waals surface area contributed by atoms with E-state index >= 15 is 0 Å². The van der Waals surface area contributed by atoms with Crippen molar-refractivity contribution in [2.45, 2.75) is 40.2 Å². The molecular weight excluding hydrogens is 382 g/mol. The van der Waals surface area contributed by atoms with Gasteiger partial charge in [0, 0.05) is 29.9 Å². The number of hydrogen-bond donors (Lipinski definition) is 3. The monoisotopic (exact) mass is 413 g/mol. The minimum absolute atomic E-state index is 0.0810. The van der Waals surface area contributed by atoms with Crippen molar-refractivity contribution in [3.8, 4) is 33.6 Å². The minimum Gasteiger partial charge on any atom is -0.348 e. The van der Waals surface area contributed by atoms with Crippen molar-refractivity contribution in [2.75, 3.05) is 0 Å². The molecule has 2 heterocycles. The highest BCUT2D eigenvalue weighted by molar-refractivity contribution is 5.71. The number of rotatable bonds is 7. The molecule has 0 spiro atoms. The second-order valence-electron chi connectivity index (χ2n) is 8.93. The molecule has 0 bridgehead atoms. The number of nitrogens with zero attached hydrogens (tertiary/aromatic N) is 2. The molecule has 4 N–H and O–H groups in total. The van der Waals surface area contributed by atoms with Crippen molar-refractivity contribution in [1.29, 1.82) is 0 Å². The molecule has 160 valence electrons. The van der Waals surface area contributed by atoms with Gasteiger partial charge in [-0.1, -0.05) is 76.2 Å². The lowest BCUT2D eigenvalue weighted by Crippen LogP contribution is -2.18. The SMILES string of the molecule is CC(C)Cc1nc(-c2ccc(-c3ccc(-c4c[nH]c([C@@H](N)C(C)C)n4)cc3)cc2)c[nH]1. The van der Waals surface area contributed by atoms with E-state index in [-0.39, 0.29) is 6.04 Å². The summed E-state index contributed by atoms with van der Waals surface area (Å²) in [5.41, 5.74) is 12.7. The largest absolute Gasteiger partial charge is 0.348 e. The standard InChI is InChI=1S/C26H31N5/c1-16(2)13-24-28-14-22(30-24)20-9-5-18(6-10-20)19-7-11-21(12-8-19)23-15-29-26(31-23)25(27)17(3)4/h5-12,14-17,25H,13,27H2,1-4H3,(H,28,30)(H,29,31)/t25-/m0/s1. The molecule has 0 amide bonds. The van der Waals surface area contributed by atoms with Crippen LogP contribution >= 0.6 is 0 Å². The zero-order chi connectivity index (χ0) is 22.0. The van der Waals surface area contributed by atoms with E-state index in [9.17, 15) is 0 Å². The van der Waals surface area contributed by atoms with Crippen LogP contribution < -0.4 is 5.73 Å². The van der Waals surface area contributed by atoms with E-state index in [4.69, 9.17) is 10.7 Å². The summed E-state index contributed by atoms with van der Waals surface area (Å²) in [6, 6.07) is 17.0. The van der Waals surface area contributed by atoms with E-state index in [1.165, 1.54) is 11.1 Å². The van der Waals surface area contributed by atoms with Crippen LogP contribution in [0.2, 0.25) is 0 Å². The molecular formula is C26H31N5. The van der Waals surface area contributed by atoms with Gasteiger partial charge in [-0.05, 0) is 23.0 Å². The Labute approximate surface area is 184 Å². The predicted molar refractivity (Wildman–Crippen MR) is 127 cm³/mol. The fraction of sp³-hybridized carbons (Fsp3) is 0.308. The Balaban J connectivity index is 1.49. The first-order valence-corrected chi connectivity index (χ1v) is 11.0. The van der Waals surface area contributed by atoms with Gasteiger partial charge >= 0.3 is 0 Å². The first-order valence-electron chi connectivity index (χ1n) is 11.0. The number of H-pyrrole nitrogens is 2. The highest BCUT2D eigenvalue weighted by Crippen LogP contribution is 2.27. The Hall–Kier alpha value is -3.18. The quantitative estimate of drug-likeness (QED) is 0.348. The fourth-order valence-electron chi connectivity index (χ4n) is 3.64. The van der Waals surface area contributed by atoms with Gasteiger partial charge in [0.15, 0.2) is 0 Å². The summed E-state index contributed by atoms with van der Waals surface area (Å²) < 4.78 is 0. The average Bonchev–Trinajstić information content (AvgIpc) is 3.43. The first-order chi connectivity index (χ1) is 14.9. The van der Waals surface area contributed by atoms with Gasteiger partial charge in [-0.15, -0.1) is 0 Å². The van der Waals surface area contributed by atoms with Gasteiger partial charge in [-0.3, -0.25) is 0 Å². The minimum atomic E-state index is -0.0810. The van der Waals surface area contributed by atoms with E-state index in [1.54, 1.807) is 0 Å². The zero-order valence-corrected chi connectivity index (χ0v) is 18.7. The Morgan fingerprint density at radius 2 is 1.19 bits per heavy atom. The molecule has 0 saturated heterocycles. The molecule has 2 aromatic heterocycles. The van der Waals surface area contributed by atoms with Gasteiger partial charge in [0.05, 0.1) is 17.4 Å². The number of aromatic nitrogens is 4. The highest BCUT2D eigenvalue weighted by Gasteiger charge is 2.15. The molecule has 4 aromatic rings. The summed E-state index contributed by atoms with van der Waals surface area (Å²) in [4.78, 5) is 15.9. The van der Waals surface area contributed by atoms with E-state index < -0.39 is 0 Å². The Morgan fingerprint density at radius 1 is 0.710 bits per heavy atom. The topological polar surface area (TPSA) is 83.4 Å². The lowest BCUT2D eigenvalue weighted by atomic mass is 10.0. The molecule has 0 fully saturated rings. The molecule has 0 aliphatic heterocycles. The van der Waals surface area contributed by atoms with E-state index in [0.29, 0.717) is 11.8 Å². The van der Waals surface area contributed by atoms with Crippen LogP contribution in [0.3, 0.4) is 0 Å². The molecule has 0 aliphatic rings. The normalized spacial score (nSPS) is 12.6. The van der Waals surface area contributed by atoms with Gasteiger partial charge < -0.3 is 15.7 Å². The highest BCUT2D eigenvalue weighted by atomic mass is 15.0. The van der Waals surface area contributed by atoms with Gasteiger partial charge in [0.2, 0.25) is 0 Å². The summed E-state index contributed by atoms with van der Waals surface area (Å²) in [6.45, 7) is 8.61. The molecule has 0 aliphatic carbocycles. The Kier molecular flexibility index (Phi) is 6.05. The van der Waals surface area contributed by atoms with Crippen molar-refractivity contribution in [1.82, 2.24) is 19.9 Å². The molecule has 0 unspecified atom stereocenters. The fourth-order valence-corrected chi connectivity index (χ4v) is 3.64. The van der Waals surface area contributed by atoms with E-state index in [0.717, 1.165) is 40.6 Å². The number of hydrogen-bond acceptors (Lipinski definition) is 3. The number of nitrogens with two attached hydrogens (primary N) is 1. The number of nitrogens with one attached hydrogen (secondary N) is 2. The number of imidazole rings is 2. The molecule has 5 nitrogen and oxygen atoms in total. The van der Waals surface area contributed by atoms with Crippen LogP contribution in [0.5, 0.6) is 0 Å². The third-order valence-electron chi connectivity index (χ3n) is 5.56. The maximum atomic E-state index is 6.21. The molecule has 5 heteroatoms. The number of benzene rings is 2. The van der Waals surface area contributed by atoms with Crippen LogP contribution in [0.4, 0.5) is 0 Å². The molecule has 4 rings (SSSR count). The third kappa shape index (κ3) is 4.78. The Morgan fingerprint density at radius 3 is 1.71 bits per heavy atom. The van der Waals surface area contributed by atoms with Crippen LogP contribution in [0.15, 0.2) is 60.9 Å². The van der Waals surface area contributed by atoms with Crippen molar-refractivity contribution < 1.29 is 0 Å². The maximum absolute atomic E-state index is 6.21. The van der Waals surface area contributed by atoms with Gasteiger partial charge in [0.1, 0.15) is 11.6 Å². The smallest absolute Gasteiger partial charge is 0.124 e. The Bertz CT molecular complexity index is 1120. The summed E-state index contributed by atoms with van der Waals surface area (Å²) in [7, 11) is 0. The second-order valence-corrected chi connectivity index (χ2v) is 8.93. The van der Waals surface area contributed by atoms with Gasteiger partial charge in [-0.2, -0.15) is 0 Å². The lowest BCUT2D eigenvalue weighted by molar-refractivity contribution is 0.494. The van der Waals surface area contributed by atoms with Crippen molar-refractivity contribution in [3.05, 3.63) is 72.6 Å². The molecule has 2 aromatic carbocycles. The van der Waals surface area contributed by atoms with Crippen molar-refractivity contribution >= 4 is 0 Å². The summed E-state index contributed by atoms with van der Waals surface area (Å²) in [5.74, 6) is 2.80. The third-order valence-corrected chi connectivity index (χ3v) is 5.56. The van der Waals surface area contributed by atoms with E-state index in [1.807, 2.05) is 12.4 Å². The van der Waals surface area contributed by atoms with Crippen LogP contribution in [-0.4, -0.2) is 19.9 Å². The van der Waals surface area contributed by atoms with Crippen molar-refractivity contribution in [3.63, 3.8) is 0 Å².